The molecule has 1 fully saturated rings. The number of carbonyl (C=O) groups is 3. The second-order valence-corrected chi connectivity index (χ2v) is 10.2. The number of aliphatic hydroxyl groups is 2. The normalized spacial score (nSPS) is 21.0. The molecule has 0 aromatic heterocycles. The Morgan fingerprint density at radius 2 is 1.00 bits per heavy atom. The van der Waals surface area contributed by atoms with Crippen molar-refractivity contribution in [2.24, 2.45) is 0 Å². The molecule has 252 valence electrons. The van der Waals surface area contributed by atoms with Crippen LogP contribution in [0.3, 0.4) is 0 Å². The van der Waals surface area contributed by atoms with E-state index in [-0.39, 0.29) is 28.4 Å². The highest BCUT2D eigenvalue weighted by molar-refractivity contribution is 5.88. The number of ether oxygens (including phenoxy) is 4. The summed E-state index contributed by atoms with van der Waals surface area (Å²) in [6.45, 7) is -0.663. The van der Waals surface area contributed by atoms with E-state index in [0.717, 1.165) is 30.4 Å². The van der Waals surface area contributed by atoms with Crippen LogP contribution in [0.2, 0.25) is 0 Å². The van der Waals surface area contributed by atoms with Gasteiger partial charge in [0.25, 0.3) is 0 Å². The summed E-state index contributed by atoms with van der Waals surface area (Å²) in [5, 5.41) is 78.8. The summed E-state index contributed by atoms with van der Waals surface area (Å²) in [6.07, 6.45) is -2.41. The molecule has 15 nitrogen and oxygen atoms in total. The van der Waals surface area contributed by atoms with Gasteiger partial charge in [0.1, 0.15) is 24.9 Å². The molecule has 0 unspecified atom stereocenters. The summed E-state index contributed by atoms with van der Waals surface area (Å²) < 4.78 is 21.2. The number of phenolic OH excluding ortho intramolecular Hbond substituents is 6. The van der Waals surface area contributed by atoms with Crippen molar-refractivity contribution in [3.63, 3.8) is 0 Å². The Labute approximate surface area is 271 Å². The van der Waals surface area contributed by atoms with Crippen molar-refractivity contribution >= 4 is 36.1 Å². The molecule has 4 rings (SSSR count). The van der Waals surface area contributed by atoms with Gasteiger partial charge in [0, 0.05) is 18.2 Å². The molecule has 48 heavy (non-hydrogen) atoms. The van der Waals surface area contributed by atoms with Crippen LogP contribution in [0.25, 0.3) is 18.2 Å². The standard InChI is InChI=1S/C33H30O15/c34-20-7-1-17(13-23(20)37)4-10-27(40)45-16-26-30(43)31(44)32(47-28(41)11-5-18-2-8-21(35)24(38)14-18)33(46-26)48-29(42)12-6-19-3-9-22(36)25(39)15-19/h1-15,26,30-39,43-44H,16H2/b10-4+,11-5+,12-6+/t26-,30-,31+,32-,33+/m1/s1. The lowest BCUT2D eigenvalue weighted by Gasteiger charge is -2.40. The van der Waals surface area contributed by atoms with Crippen LogP contribution in [0.4, 0.5) is 0 Å². The first-order chi connectivity index (χ1) is 22.8. The van der Waals surface area contributed by atoms with E-state index in [9.17, 15) is 55.2 Å². The van der Waals surface area contributed by atoms with Crippen molar-refractivity contribution in [2.75, 3.05) is 6.61 Å². The number of rotatable bonds is 10. The third-order valence-electron chi connectivity index (χ3n) is 6.75. The molecule has 0 amide bonds. The van der Waals surface area contributed by atoms with Gasteiger partial charge in [-0.15, -0.1) is 0 Å². The van der Waals surface area contributed by atoms with Crippen molar-refractivity contribution in [2.45, 2.75) is 30.7 Å². The van der Waals surface area contributed by atoms with Gasteiger partial charge in [0.15, 0.2) is 40.6 Å². The Morgan fingerprint density at radius 1 is 0.583 bits per heavy atom. The largest absolute Gasteiger partial charge is 0.504 e. The minimum atomic E-state index is -1.93. The van der Waals surface area contributed by atoms with Gasteiger partial charge in [-0.25, -0.2) is 14.4 Å². The quantitative estimate of drug-likeness (QED) is 0.0665. The Hall–Kier alpha value is -6.03. The second kappa shape index (κ2) is 15.5. The zero-order valence-electron chi connectivity index (χ0n) is 24.7. The van der Waals surface area contributed by atoms with Crippen LogP contribution in [0.15, 0.2) is 72.8 Å². The van der Waals surface area contributed by atoms with Crippen LogP contribution in [0, 0.1) is 0 Å². The summed E-state index contributed by atoms with van der Waals surface area (Å²) in [6, 6.07) is 11.2. The fourth-order valence-corrected chi connectivity index (χ4v) is 4.23. The topological polar surface area (TPSA) is 250 Å². The molecule has 1 heterocycles. The average molecular weight is 667 g/mol. The predicted molar refractivity (Wildman–Crippen MR) is 164 cm³/mol. The number of hydrogen-bond acceptors (Lipinski definition) is 15. The third kappa shape index (κ3) is 9.26. The Bertz CT molecular complexity index is 1740. The third-order valence-corrected chi connectivity index (χ3v) is 6.75. The molecule has 3 aromatic rings. The smallest absolute Gasteiger partial charge is 0.333 e. The van der Waals surface area contributed by atoms with Crippen LogP contribution in [-0.4, -0.2) is 96.1 Å². The summed E-state index contributed by atoms with van der Waals surface area (Å²) in [4.78, 5) is 37.6. The SMILES string of the molecule is O=C(/C=C/c1ccc(O)c(O)c1)OC[C@H]1O[C@@H](OC(=O)/C=C/c2ccc(O)c(O)c2)[C@H](OC(=O)/C=C/c2ccc(O)c(O)c2)[C@@H](O)[C@@H]1O. The maximum Gasteiger partial charge on any atom is 0.333 e. The molecular formula is C33H30O15. The Morgan fingerprint density at radius 3 is 1.44 bits per heavy atom. The van der Waals surface area contributed by atoms with Gasteiger partial charge in [-0.3, -0.25) is 0 Å². The van der Waals surface area contributed by atoms with E-state index < -0.39 is 72.5 Å². The van der Waals surface area contributed by atoms with Gasteiger partial charge in [-0.2, -0.15) is 0 Å². The van der Waals surface area contributed by atoms with Crippen molar-refractivity contribution < 1.29 is 74.2 Å². The van der Waals surface area contributed by atoms with E-state index in [2.05, 4.69) is 0 Å². The van der Waals surface area contributed by atoms with E-state index in [4.69, 9.17) is 18.9 Å². The van der Waals surface area contributed by atoms with Crippen LogP contribution in [-0.2, 0) is 33.3 Å². The second-order valence-electron chi connectivity index (χ2n) is 10.2. The summed E-state index contributed by atoms with van der Waals surface area (Å²) in [7, 11) is 0. The number of benzene rings is 3. The fourth-order valence-electron chi connectivity index (χ4n) is 4.23. The lowest BCUT2D eigenvalue weighted by molar-refractivity contribution is -0.294. The molecule has 1 aliphatic heterocycles. The number of esters is 3. The van der Waals surface area contributed by atoms with Crippen LogP contribution in [0.5, 0.6) is 34.5 Å². The Balaban J connectivity index is 1.47. The van der Waals surface area contributed by atoms with Gasteiger partial charge in [0.05, 0.1) is 0 Å². The average Bonchev–Trinajstić information content (AvgIpc) is 3.05. The van der Waals surface area contributed by atoms with E-state index in [1.165, 1.54) is 60.7 Å². The Kier molecular flexibility index (Phi) is 11.3. The minimum absolute atomic E-state index is 0.286. The molecule has 0 saturated carbocycles. The van der Waals surface area contributed by atoms with Crippen LogP contribution < -0.4 is 0 Å². The highest BCUT2D eigenvalue weighted by Crippen LogP contribution is 2.29. The predicted octanol–water partition coefficient (Wildman–Crippen LogP) is 1.81. The van der Waals surface area contributed by atoms with E-state index in [1.807, 2.05) is 0 Å². The lowest BCUT2D eigenvalue weighted by Crippen LogP contribution is -2.60. The molecule has 5 atom stereocenters. The van der Waals surface area contributed by atoms with E-state index in [1.54, 1.807) is 0 Å². The zero-order chi connectivity index (χ0) is 35.0. The molecule has 1 saturated heterocycles. The minimum Gasteiger partial charge on any atom is -0.504 e. The van der Waals surface area contributed by atoms with Crippen LogP contribution in [0.1, 0.15) is 16.7 Å². The van der Waals surface area contributed by atoms with Crippen molar-refractivity contribution in [1.82, 2.24) is 0 Å². The van der Waals surface area contributed by atoms with Crippen molar-refractivity contribution in [1.29, 1.82) is 0 Å². The molecule has 0 spiro atoms. The molecule has 0 radical (unpaired) electrons. The summed E-state index contributed by atoms with van der Waals surface area (Å²) in [5.41, 5.74) is 0.917. The van der Waals surface area contributed by atoms with E-state index in [0.29, 0.717) is 5.56 Å². The fraction of sp³-hybridized carbons (Fsp3) is 0.182. The van der Waals surface area contributed by atoms with Crippen LogP contribution >= 0.6 is 0 Å². The first-order valence-electron chi connectivity index (χ1n) is 14.0. The number of aromatic hydroxyl groups is 6. The van der Waals surface area contributed by atoms with Crippen molar-refractivity contribution in [3.8, 4) is 34.5 Å². The highest BCUT2D eigenvalue weighted by Gasteiger charge is 2.48. The summed E-state index contributed by atoms with van der Waals surface area (Å²) >= 11 is 0. The monoisotopic (exact) mass is 666 g/mol. The van der Waals surface area contributed by atoms with Crippen molar-refractivity contribution in [3.05, 3.63) is 89.5 Å². The first kappa shape index (κ1) is 34.8. The molecule has 0 bridgehead atoms. The molecule has 15 heteroatoms. The molecule has 0 aliphatic carbocycles. The summed E-state index contributed by atoms with van der Waals surface area (Å²) in [5.74, 6) is -5.55. The molecule has 3 aromatic carbocycles. The molecule has 1 aliphatic rings. The number of phenols is 6. The molecular weight excluding hydrogens is 636 g/mol. The lowest BCUT2D eigenvalue weighted by atomic mass is 9.99. The maximum atomic E-state index is 12.7. The van der Waals surface area contributed by atoms with Gasteiger partial charge in [-0.1, -0.05) is 18.2 Å². The van der Waals surface area contributed by atoms with Gasteiger partial charge in [-0.05, 0) is 71.3 Å². The van der Waals surface area contributed by atoms with Gasteiger partial charge < -0.3 is 59.8 Å². The number of carbonyl (C=O) groups excluding carboxylic acids is 3. The van der Waals surface area contributed by atoms with Gasteiger partial charge >= 0.3 is 17.9 Å². The number of aliphatic hydroxyl groups excluding tert-OH is 2. The van der Waals surface area contributed by atoms with Gasteiger partial charge in [0.2, 0.25) is 6.29 Å². The zero-order valence-corrected chi connectivity index (χ0v) is 24.7. The van der Waals surface area contributed by atoms with E-state index >= 15 is 0 Å². The number of hydrogen-bond donors (Lipinski definition) is 8. The first-order valence-corrected chi connectivity index (χ1v) is 14.0. The molecule has 8 N–H and O–H groups in total. The highest BCUT2D eigenvalue weighted by atomic mass is 16.7. The maximum absolute atomic E-state index is 12.7.